The minimum absolute atomic E-state index is 0.0729. The normalized spacial score (nSPS) is 14.3. The summed E-state index contributed by atoms with van der Waals surface area (Å²) in [6, 6.07) is 24.8. The Hall–Kier alpha value is -3.85. The van der Waals surface area contributed by atoms with Crippen LogP contribution in [0.5, 0.6) is 5.75 Å². The van der Waals surface area contributed by atoms with E-state index in [0.717, 1.165) is 47.4 Å². The third-order valence-electron chi connectivity index (χ3n) is 7.19. The van der Waals surface area contributed by atoms with Crippen molar-refractivity contribution in [3.05, 3.63) is 96.1 Å². The first-order valence-electron chi connectivity index (χ1n) is 13.5. The molecule has 3 aromatic carbocycles. The molecule has 0 aromatic heterocycles. The summed E-state index contributed by atoms with van der Waals surface area (Å²) in [6.07, 6.45) is 5.31. The van der Waals surface area contributed by atoms with Gasteiger partial charge in [0.05, 0.1) is 19.1 Å². The highest BCUT2D eigenvalue weighted by Crippen LogP contribution is 2.25. The van der Waals surface area contributed by atoms with E-state index in [9.17, 15) is 18.0 Å². The van der Waals surface area contributed by atoms with Gasteiger partial charge in [0.25, 0.3) is 0 Å². The quantitative estimate of drug-likeness (QED) is 0.357. The number of nitrogens with one attached hydrogen (secondary N) is 1. The molecule has 4 rings (SSSR count). The van der Waals surface area contributed by atoms with Crippen LogP contribution in [0.1, 0.15) is 36.8 Å². The molecule has 0 heterocycles. The predicted molar refractivity (Wildman–Crippen MR) is 157 cm³/mol. The van der Waals surface area contributed by atoms with Crippen molar-refractivity contribution >= 4 is 27.5 Å². The van der Waals surface area contributed by atoms with Crippen LogP contribution < -0.4 is 14.4 Å². The van der Waals surface area contributed by atoms with E-state index in [-0.39, 0.29) is 18.5 Å². The molecular weight excluding hydrogens is 526 g/mol. The Bertz CT molecular complexity index is 1380. The second kappa shape index (κ2) is 13.5. The van der Waals surface area contributed by atoms with Crippen molar-refractivity contribution in [1.82, 2.24) is 10.2 Å². The summed E-state index contributed by atoms with van der Waals surface area (Å²) in [5.74, 6) is -0.232. The number of rotatable bonds is 12. The fraction of sp³-hybridized carbons (Fsp3) is 0.355. The average molecular weight is 564 g/mol. The van der Waals surface area contributed by atoms with Gasteiger partial charge in [-0.15, -0.1) is 0 Å². The second-order valence-electron chi connectivity index (χ2n) is 10.2. The van der Waals surface area contributed by atoms with Gasteiger partial charge < -0.3 is 15.0 Å². The number of methoxy groups -OCH3 is 1. The van der Waals surface area contributed by atoms with Gasteiger partial charge >= 0.3 is 0 Å². The predicted octanol–water partition coefficient (Wildman–Crippen LogP) is 4.16. The molecule has 1 aliphatic carbocycles. The van der Waals surface area contributed by atoms with Crippen molar-refractivity contribution in [2.75, 3.05) is 24.2 Å². The molecule has 0 radical (unpaired) electrons. The van der Waals surface area contributed by atoms with Crippen LogP contribution >= 0.6 is 0 Å². The van der Waals surface area contributed by atoms with E-state index in [2.05, 4.69) is 5.32 Å². The van der Waals surface area contributed by atoms with Crippen molar-refractivity contribution < 1.29 is 22.7 Å². The maximum atomic E-state index is 14.1. The molecule has 1 N–H and O–H groups in total. The molecule has 3 aromatic rings. The summed E-state index contributed by atoms with van der Waals surface area (Å²) >= 11 is 0. The Morgan fingerprint density at radius 2 is 1.55 bits per heavy atom. The van der Waals surface area contributed by atoms with E-state index in [1.54, 1.807) is 24.3 Å². The second-order valence-corrected chi connectivity index (χ2v) is 12.1. The fourth-order valence-electron chi connectivity index (χ4n) is 5.08. The van der Waals surface area contributed by atoms with Crippen LogP contribution in [0.3, 0.4) is 0 Å². The van der Waals surface area contributed by atoms with Crippen molar-refractivity contribution in [2.45, 2.75) is 50.7 Å². The Morgan fingerprint density at radius 3 is 2.15 bits per heavy atom. The minimum Gasteiger partial charge on any atom is -0.497 e. The number of carbonyl (C=O) groups excluding carboxylic acids is 2. The van der Waals surface area contributed by atoms with Gasteiger partial charge in [-0.3, -0.25) is 13.9 Å². The van der Waals surface area contributed by atoms with Gasteiger partial charge in [-0.1, -0.05) is 79.6 Å². The van der Waals surface area contributed by atoms with Gasteiger partial charge in [-0.05, 0) is 36.1 Å². The number of benzene rings is 3. The summed E-state index contributed by atoms with van der Waals surface area (Å²) in [7, 11) is -2.34. The molecule has 0 spiro atoms. The number of sulfonamides is 1. The highest BCUT2D eigenvalue weighted by Gasteiger charge is 2.34. The van der Waals surface area contributed by atoms with Gasteiger partial charge in [0.2, 0.25) is 21.8 Å². The van der Waals surface area contributed by atoms with Gasteiger partial charge in [0.15, 0.2) is 0 Å². The van der Waals surface area contributed by atoms with Crippen LogP contribution in [0.2, 0.25) is 0 Å². The lowest BCUT2D eigenvalue weighted by Crippen LogP contribution is -2.54. The lowest BCUT2D eigenvalue weighted by molar-refractivity contribution is -0.140. The molecule has 1 aliphatic rings. The lowest BCUT2D eigenvalue weighted by Gasteiger charge is -2.34. The van der Waals surface area contributed by atoms with Gasteiger partial charge in [0, 0.05) is 25.1 Å². The zero-order chi connectivity index (χ0) is 28.5. The van der Waals surface area contributed by atoms with Crippen LogP contribution in [0, 0.1) is 0 Å². The van der Waals surface area contributed by atoms with Crippen LogP contribution in [0.15, 0.2) is 84.9 Å². The molecular formula is C31H37N3O5S. The first-order valence-corrected chi connectivity index (χ1v) is 15.4. The highest BCUT2D eigenvalue weighted by molar-refractivity contribution is 7.92. The first kappa shape index (κ1) is 29.1. The Kier molecular flexibility index (Phi) is 9.82. The zero-order valence-electron chi connectivity index (χ0n) is 23.0. The number of hydrogen-bond donors (Lipinski definition) is 1. The standard InChI is InChI=1S/C31H37N3O5S/c1-39-28-19-11-18-27(21-28)34(40(2,37)38)23-30(35)33(22-25-14-7-4-8-15-25)29(20-24-12-5-3-6-13-24)31(36)32-26-16-9-10-17-26/h3-8,11-15,18-19,21,26,29H,9-10,16-17,20,22-23H2,1-2H3,(H,32,36). The van der Waals surface area contributed by atoms with E-state index in [4.69, 9.17) is 4.74 Å². The molecule has 1 atom stereocenters. The molecule has 1 fully saturated rings. The summed E-state index contributed by atoms with van der Waals surface area (Å²) in [5, 5.41) is 3.17. The SMILES string of the molecule is COc1cccc(N(CC(=O)N(Cc2ccccc2)C(Cc2ccccc2)C(=O)NC2CCCC2)S(C)(=O)=O)c1. The molecule has 1 saturated carbocycles. The minimum atomic E-state index is -3.84. The van der Waals surface area contributed by atoms with Gasteiger partial charge in [-0.2, -0.15) is 0 Å². The molecule has 9 heteroatoms. The van der Waals surface area contributed by atoms with E-state index in [1.807, 2.05) is 60.7 Å². The van der Waals surface area contributed by atoms with E-state index >= 15 is 0 Å². The summed E-state index contributed by atoms with van der Waals surface area (Å²) in [4.78, 5) is 29.5. The molecule has 0 saturated heterocycles. The van der Waals surface area contributed by atoms with E-state index in [1.165, 1.54) is 12.0 Å². The number of carbonyl (C=O) groups is 2. The molecule has 0 bridgehead atoms. The molecule has 0 aliphatic heterocycles. The number of ether oxygens (including phenoxy) is 1. The van der Waals surface area contributed by atoms with Gasteiger partial charge in [0.1, 0.15) is 18.3 Å². The van der Waals surface area contributed by atoms with Gasteiger partial charge in [-0.25, -0.2) is 8.42 Å². The topological polar surface area (TPSA) is 96.0 Å². The maximum Gasteiger partial charge on any atom is 0.244 e. The fourth-order valence-corrected chi connectivity index (χ4v) is 5.92. The largest absolute Gasteiger partial charge is 0.497 e. The molecule has 40 heavy (non-hydrogen) atoms. The number of anilines is 1. The van der Waals surface area contributed by atoms with Crippen LogP contribution in [-0.4, -0.2) is 57.1 Å². The van der Waals surface area contributed by atoms with Crippen LogP contribution in [0.25, 0.3) is 0 Å². The smallest absolute Gasteiger partial charge is 0.244 e. The van der Waals surface area contributed by atoms with Crippen molar-refractivity contribution in [3.8, 4) is 5.75 Å². The van der Waals surface area contributed by atoms with Crippen molar-refractivity contribution in [3.63, 3.8) is 0 Å². The lowest BCUT2D eigenvalue weighted by atomic mass is 10.0. The maximum absolute atomic E-state index is 14.1. The highest BCUT2D eigenvalue weighted by atomic mass is 32.2. The molecule has 212 valence electrons. The third-order valence-corrected chi connectivity index (χ3v) is 8.33. The van der Waals surface area contributed by atoms with E-state index in [0.29, 0.717) is 17.9 Å². The monoisotopic (exact) mass is 563 g/mol. The number of hydrogen-bond acceptors (Lipinski definition) is 5. The summed E-state index contributed by atoms with van der Waals surface area (Å²) in [6.45, 7) is -0.300. The zero-order valence-corrected chi connectivity index (χ0v) is 23.8. The van der Waals surface area contributed by atoms with E-state index < -0.39 is 28.5 Å². The van der Waals surface area contributed by atoms with Crippen molar-refractivity contribution in [2.24, 2.45) is 0 Å². The molecule has 8 nitrogen and oxygen atoms in total. The van der Waals surface area contributed by atoms with Crippen LogP contribution in [-0.2, 0) is 32.6 Å². The number of amides is 2. The first-order chi connectivity index (χ1) is 19.2. The third kappa shape index (κ3) is 7.85. The number of nitrogens with zero attached hydrogens (tertiary/aromatic N) is 2. The summed E-state index contributed by atoms with van der Waals surface area (Å²) < 4.78 is 32.2. The van der Waals surface area contributed by atoms with Crippen LogP contribution in [0.4, 0.5) is 5.69 Å². The Labute approximate surface area is 237 Å². The molecule has 2 amide bonds. The molecule has 1 unspecified atom stereocenters. The Balaban J connectivity index is 1.71. The summed E-state index contributed by atoms with van der Waals surface area (Å²) in [5.41, 5.74) is 2.06. The Morgan fingerprint density at radius 1 is 0.925 bits per heavy atom. The average Bonchev–Trinajstić information content (AvgIpc) is 3.47. The van der Waals surface area contributed by atoms with Crippen molar-refractivity contribution in [1.29, 1.82) is 0 Å².